The molecule has 0 aromatic heterocycles. The van der Waals surface area contributed by atoms with Crippen molar-refractivity contribution in [3.05, 3.63) is 23.8 Å². The lowest BCUT2D eigenvalue weighted by Gasteiger charge is -2.11. The van der Waals surface area contributed by atoms with Crippen LogP contribution in [0.3, 0.4) is 0 Å². The minimum absolute atomic E-state index is 0.0291. The predicted octanol–water partition coefficient (Wildman–Crippen LogP) is 1.01. The topological polar surface area (TPSA) is 94.1 Å². The summed E-state index contributed by atoms with van der Waals surface area (Å²) in [5.41, 5.74) is 0.647. The number of aliphatic carboxylic acids is 1. The number of benzene rings is 1. The van der Waals surface area contributed by atoms with Crippen molar-refractivity contribution in [2.45, 2.75) is 6.61 Å². The molecule has 1 aromatic carbocycles. The van der Waals surface area contributed by atoms with E-state index in [1.165, 1.54) is 14.2 Å². The van der Waals surface area contributed by atoms with E-state index in [-0.39, 0.29) is 6.61 Å². The SMILES string of the molecule is COc1ccc(COC(=O)NCC(=O)O)c(OC)c1. The molecule has 1 aromatic rings. The lowest BCUT2D eigenvalue weighted by atomic mass is 10.2. The van der Waals surface area contributed by atoms with Crippen molar-refractivity contribution in [3.8, 4) is 11.5 Å². The Bertz CT molecular complexity index is 460. The standard InChI is InChI=1S/C12H15NO6/c1-17-9-4-3-8(10(5-9)18-2)7-19-12(16)13-6-11(14)15/h3-5H,6-7H2,1-2H3,(H,13,16)(H,14,15). The molecule has 0 radical (unpaired) electrons. The monoisotopic (exact) mass is 269 g/mol. The van der Waals surface area contributed by atoms with E-state index in [1.54, 1.807) is 18.2 Å². The van der Waals surface area contributed by atoms with Crippen LogP contribution >= 0.6 is 0 Å². The first kappa shape index (κ1) is 14.6. The molecule has 0 fully saturated rings. The molecule has 7 heteroatoms. The van der Waals surface area contributed by atoms with Gasteiger partial charge in [0.2, 0.25) is 0 Å². The number of carbonyl (C=O) groups excluding carboxylic acids is 1. The van der Waals surface area contributed by atoms with Gasteiger partial charge in [0.05, 0.1) is 14.2 Å². The Morgan fingerprint density at radius 1 is 1.26 bits per heavy atom. The molecule has 0 saturated carbocycles. The van der Waals surface area contributed by atoms with Crippen molar-refractivity contribution < 1.29 is 28.9 Å². The molecule has 0 aliphatic rings. The molecule has 19 heavy (non-hydrogen) atoms. The molecule has 1 amide bonds. The van der Waals surface area contributed by atoms with E-state index in [9.17, 15) is 9.59 Å². The Morgan fingerprint density at radius 2 is 2.00 bits per heavy atom. The van der Waals surface area contributed by atoms with Gasteiger partial charge in [-0.1, -0.05) is 0 Å². The quantitative estimate of drug-likeness (QED) is 0.800. The van der Waals surface area contributed by atoms with Gasteiger partial charge in [-0.05, 0) is 12.1 Å². The van der Waals surface area contributed by atoms with Crippen molar-refractivity contribution in [2.24, 2.45) is 0 Å². The van der Waals surface area contributed by atoms with Crippen LogP contribution in [0.15, 0.2) is 18.2 Å². The number of ether oxygens (including phenoxy) is 3. The molecule has 0 heterocycles. The predicted molar refractivity (Wildman–Crippen MR) is 65.4 cm³/mol. The number of hydrogen-bond acceptors (Lipinski definition) is 5. The summed E-state index contributed by atoms with van der Waals surface area (Å²) in [5, 5.41) is 10.5. The number of amides is 1. The van der Waals surface area contributed by atoms with E-state index in [0.29, 0.717) is 17.1 Å². The van der Waals surface area contributed by atoms with Crippen molar-refractivity contribution in [2.75, 3.05) is 20.8 Å². The number of hydrogen-bond donors (Lipinski definition) is 2. The van der Waals surface area contributed by atoms with Crippen LogP contribution in [0.1, 0.15) is 5.56 Å². The van der Waals surface area contributed by atoms with Crippen molar-refractivity contribution in [3.63, 3.8) is 0 Å². The molecule has 2 N–H and O–H groups in total. The molecule has 0 saturated heterocycles. The van der Waals surface area contributed by atoms with Crippen molar-refractivity contribution >= 4 is 12.1 Å². The van der Waals surface area contributed by atoms with Gasteiger partial charge >= 0.3 is 12.1 Å². The van der Waals surface area contributed by atoms with Gasteiger partial charge in [0.1, 0.15) is 24.7 Å². The smallest absolute Gasteiger partial charge is 0.407 e. The molecule has 0 aliphatic heterocycles. The van der Waals surface area contributed by atoms with Crippen LogP contribution in [0.2, 0.25) is 0 Å². The summed E-state index contributed by atoms with van der Waals surface area (Å²) in [7, 11) is 3.02. The zero-order valence-electron chi connectivity index (χ0n) is 10.6. The molecule has 7 nitrogen and oxygen atoms in total. The minimum atomic E-state index is -1.14. The van der Waals surface area contributed by atoms with Gasteiger partial charge in [-0.3, -0.25) is 4.79 Å². The number of carboxylic acids is 1. The molecular weight excluding hydrogens is 254 g/mol. The molecule has 1 rings (SSSR count). The van der Waals surface area contributed by atoms with Gasteiger partial charge in [-0.15, -0.1) is 0 Å². The molecule has 104 valence electrons. The van der Waals surface area contributed by atoms with E-state index in [1.807, 2.05) is 0 Å². The highest BCUT2D eigenvalue weighted by Crippen LogP contribution is 2.25. The number of nitrogens with one attached hydrogen (secondary N) is 1. The molecule has 0 aliphatic carbocycles. The Kier molecular flexibility index (Phi) is 5.46. The molecule has 0 atom stereocenters. The maximum Gasteiger partial charge on any atom is 0.407 e. The summed E-state index contributed by atoms with van der Waals surface area (Å²) in [6.45, 7) is -0.517. The number of alkyl carbamates (subject to hydrolysis) is 1. The maximum absolute atomic E-state index is 11.2. The summed E-state index contributed by atoms with van der Waals surface area (Å²) in [5.74, 6) is 0.000270. The lowest BCUT2D eigenvalue weighted by molar-refractivity contribution is -0.135. The maximum atomic E-state index is 11.2. The minimum Gasteiger partial charge on any atom is -0.497 e. The highest BCUT2D eigenvalue weighted by Gasteiger charge is 2.09. The Balaban J connectivity index is 2.57. The first-order chi connectivity index (χ1) is 9.06. The second-order valence-corrected chi connectivity index (χ2v) is 3.50. The average molecular weight is 269 g/mol. The van der Waals surface area contributed by atoms with Crippen molar-refractivity contribution in [1.82, 2.24) is 5.32 Å². The third-order valence-corrected chi connectivity index (χ3v) is 2.24. The van der Waals surface area contributed by atoms with Gasteiger partial charge < -0.3 is 24.6 Å². The highest BCUT2D eigenvalue weighted by atomic mass is 16.5. The van der Waals surface area contributed by atoms with Gasteiger partial charge in [0, 0.05) is 11.6 Å². The Morgan fingerprint density at radius 3 is 2.58 bits per heavy atom. The zero-order valence-corrected chi connectivity index (χ0v) is 10.6. The fourth-order valence-electron chi connectivity index (χ4n) is 1.31. The van der Waals surface area contributed by atoms with E-state index in [4.69, 9.17) is 19.3 Å². The number of methoxy groups -OCH3 is 2. The number of rotatable bonds is 6. The number of carboxylic acid groups (broad SMARTS) is 1. The first-order valence-electron chi connectivity index (χ1n) is 5.40. The fraction of sp³-hybridized carbons (Fsp3) is 0.333. The lowest BCUT2D eigenvalue weighted by Crippen LogP contribution is -2.29. The van der Waals surface area contributed by atoms with Crippen LogP contribution in [0.4, 0.5) is 4.79 Å². The Hall–Kier alpha value is -2.44. The number of carbonyl (C=O) groups is 2. The summed E-state index contributed by atoms with van der Waals surface area (Å²) < 4.78 is 15.0. The van der Waals surface area contributed by atoms with Gasteiger partial charge in [0.25, 0.3) is 0 Å². The molecule has 0 bridgehead atoms. The van der Waals surface area contributed by atoms with Gasteiger partial charge in [-0.25, -0.2) is 4.79 Å². The third-order valence-electron chi connectivity index (χ3n) is 2.24. The summed E-state index contributed by atoms with van der Waals surface area (Å²) in [6, 6.07) is 5.06. The first-order valence-corrected chi connectivity index (χ1v) is 5.40. The van der Waals surface area contributed by atoms with E-state index >= 15 is 0 Å². The third kappa shape index (κ3) is 4.74. The van der Waals surface area contributed by atoms with Gasteiger partial charge in [0.15, 0.2) is 0 Å². The van der Waals surface area contributed by atoms with Crippen LogP contribution in [0.25, 0.3) is 0 Å². The summed E-state index contributed by atoms with van der Waals surface area (Å²) in [4.78, 5) is 21.4. The second-order valence-electron chi connectivity index (χ2n) is 3.50. The van der Waals surface area contributed by atoms with Crippen LogP contribution in [-0.2, 0) is 16.1 Å². The second kappa shape index (κ2) is 7.10. The normalized spacial score (nSPS) is 9.58. The van der Waals surface area contributed by atoms with Crippen LogP contribution < -0.4 is 14.8 Å². The molecule has 0 unspecified atom stereocenters. The van der Waals surface area contributed by atoms with E-state index in [0.717, 1.165) is 0 Å². The van der Waals surface area contributed by atoms with Crippen LogP contribution in [-0.4, -0.2) is 37.9 Å². The van der Waals surface area contributed by atoms with Gasteiger partial charge in [-0.2, -0.15) is 0 Å². The molecule has 0 spiro atoms. The van der Waals surface area contributed by atoms with Crippen LogP contribution in [0.5, 0.6) is 11.5 Å². The zero-order chi connectivity index (χ0) is 14.3. The molecular formula is C12H15NO6. The summed E-state index contributed by atoms with van der Waals surface area (Å²) in [6.07, 6.45) is -0.805. The average Bonchev–Trinajstić information content (AvgIpc) is 2.42. The summed E-state index contributed by atoms with van der Waals surface area (Å²) >= 11 is 0. The van der Waals surface area contributed by atoms with E-state index in [2.05, 4.69) is 5.32 Å². The Labute approximate surface area is 110 Å². The van der Waals surface area contributed by atoms with Crippen molar-refractivity contribution in [1.29, 1.82) is 0 Å². The van der Waals surface area contributed by atoms with E-state index < -0.39 is 18.6 Å². The fourth-order valence-corrected chi connectivity index (χ4v) is 1.31. The highest BCUT2D eigenvalue weighted by molar-refractivity contribution is 5.76. The largest absolute Gasteiger partial charge is 0.497 e. The van der Waals surface area contributed by atoms with Crippen LogP contribution in [0, 0.1) is 0 Å².